The van der Waals surface area contributed by atoms with Crippen LogP contribution in [0.1, 0.15) is 167 Å². The molecule has 9 aliphatic rings. The number of hydrogen-bond acceptors (Lipinski definition) is 23. The number of carboxylic acids is 1. The third kappa shape index (κ3) is 18.0. The smallest absolute Gasteiger partial charge is 0.410 e. The molecule has 596 valence electrons. The van der Waals surface area contributed by atoms with Gasteiger partial charge in [-0.3, -0.25) is 14.4 Å². The number of carboxylic acid groups (broad SMARTS) is 1. The van der Waals surface area contributed by atoms with Crippen molar-refractivity contribution in [2.45, 2.75) is 185 Å². The summed E-state index contributed by atoms with van der Waals surface area (Å²) >= 11 is 0. The zero-order valence-corrected chi connectivity index (χ0v) is 64.9. The standard InChI is InChI=1S/C26H33FN4O3.C25H32FN5O3.C15H25NO4.C14H18FN5O2/c1-33-20-14-19-23(22(27)24(20)34-2)29-26(30-25(19)28)16-7-9-31(10-8-16)21(32)13-15-11-17-5-3-4-6-18(17)12-15;1-33-19-13-17-22(21(26)23(19)34-2)29-25(30-24(17)27)14-7-9-31(10-8-14)20(32)12-16-11-15-5-3-4-6-18(15)28-16;1-15(2,3)20-14(19)16-11(9-13(17)18)8-10-6-4-5-7-12(10)16;1-21-9-7-8-11(10(15)12(9)22-2)18-14(19-13(8)16)20-5-3-17-4-6-20/h7,14-15,17-18H,3-6,8-13H2,1-2H3,(H2,28,29,30);7,13,15-16,18,28H,3-6,8-12H2,1-2H3,(H2,27,29,30);10-12H,4-9H2,1-3H3,(H,17,18);7,17H,3-6H2,1-2H3,(H2,16,18,19)/t15?,17-,18+;15-,16-,18-;10-,11-,12-;/m.00./s1. The summed E-state index contributed by atoms with van der Waals surface area (Å²) in [6, 6.07) is 5.59. The number of carbonyl (C=O) groups excluding carboxylic acids is 3. The maximum atomic E-state index is 15.1. The van der Waals surface area contributed by atoms with Crippen molar-refractivity contribution < 1.29 is 70.6 Å². The van der Waals surface area contributed by atoms with Crippen LogP contribution in [0.4, 0.5) is 41.4 Å². The number of nitrogens with zero attached hydrogens (tertiary/aromatic N) is 10. The Kier molecular flexibility index (Phi) is 25.7. The predicted octanol–water partition coefficient (Wildman–Crippen LogP) is 11.7. The first kappa shape index (κ1) is 80.1. The van der Waals surface area contributed by atoms with Crippen molar-refractivity contribution in [3.63, 3.8) is 0 Å². The number of rotatable bonds is 15. The second kappa shape index (κ2) is 35.3. The van der Waals surface area contributed by atoms with Gasteiger partial charge in [-0.05, 0) is 144 Å². The minimum atomic E-state index is -0.845. The molecule has 3 saturated heterocycles. The molecule has 3 aromatic carbocycles. The molecule has 0 bridgehead atoms. The van der Waals surface area contributed by atoms with Crippen LogP contribution in [0.2, 0.25) is 0 Å². The highest BCUT2D eigenvalue weighted by atomic mass is 19.1. The molecule has 27 nitrogen and oxygen atoms in total. The molecule has 7 fully saturated rings. The van der Waals surface area contributed by atoms with Crippen LogP contribution < -0.4 is 61.2 Å². The van der Waals surface area contributed by atoms with Gasteiger partial charge in [-0.15, -0.1) is 0 Å². The van der Waals surface area contributed by atoms with Crippen molar-refractivity contribution in [1.29, 1.82) is 0 Å². The van der Waals surface area contributed by atoms with E-state index in [1.165, 1.54) is 113 Å². The van der Waals surface area contributed by atoms with E-state index in [9.17, 15) is 23.6 Å². The van der Waals surface area contributed by atoms with E-state index in [2.05, 4.69) is 40.5 Å². The number of carbonyl (C=O) groups is 4. The fourth-order valence-corrected chi connectivity index (χ4v) is 18.0. The third-order valence-electron chi connectivity index (χ3n) is 23.4. The molecule has 1 unspecified atom stereocenters. The highest BCUT2D eigenvalue weighted by Crippen LogP contribution is 2.48. The number of likely N-dealkylation sites (tertiary alicyclic amines) is 1. The van der Waals surface area contributed by atoms with Gasteiger partial charge in [-0.1, -0.05) is 63.5 Å². The van der Waals surface area contributed by atoms with E-state index in [0.29, 0.717) is 103 Å². The zero-order valence-electron chi connectivity index (χ0n) is 64.9. The number of benzene rings is 3. The molecule has 0 radical (unpaired) electrons. The molecule has 0 spiro atoms. The van der Waals surface area contributed by atoms with Crippen molar-refractivity contribution >= 4 is 91.1 Å². The van der Waals surface area contributed by atoms with Gasteiger partial charge in [0.1, 0.15) is 39.6 Å². The van der Waals surface area contributed by atoms with E-state index in [1.54, 1.807) is 23.1 Å². The fraction of sp³-hybridized carbons (Fsp3) is 0.600. The fourth-order valence-electron chi connectivity index (χ4n) is 18.0. The van der Waals surface area contributed by atoms with Crippen LogP contribution in [0.25, 0.3) is 43.9 Å². The summed E-state index contributed by atoms with van der Waals surface area (Å²) in [6.45, 7) is 10.9. The van der Waals surface area contributed by atoms with Gasteiger partial charge in [0.25, 0.3) is 0 Å². The van der Waals surface area contributed by atoms with Crippen LogP contribution in [0, 0.1) is 47.0 Å². The number of anilines is 4. The van der Waals surface area contributed by atoms with Crippen LogP contribution in [0.15, 0.2) is 30.4 Å². The maximum absolute atomic E-state index is 15.1. The predicted molar refractivity (Wildman–Crippen MR) is 414 cm³/mol. The minimum Gasteiger partial charge on any atom is -0.493 e. The van der Waals surface area contributed by atoms with Crippen molar-refractivity contribution in [2.24, 2.45) is 29.6 Å². The number of halogens is 3. The molecule has 4 saturated carbocycles. The Morgan fingerprint density at radius 1 is 0.536 bits per heavy atom. The monoisotopic (exact) mass is 1530 g/mol. The van der Waals surface area contributed by atoms with E-state index in [1.807, 2.05) is 47.6 Å². The second-order valence-corrected chi connectivity index (χ2v) is 31.4. The van der Waals surface area contributed by atoms with E-state index < -0.39 is 29.0 Å². The van der Waals surface area contributed by atoms with Crippen LogP contribution in [0.5, 0.6) is 34.5 Å². The van der Waals surface area contributed by atoms with Gasteiger partial charge in [-0.25, -0.2) is 42.9 Å². The molecule has 15 rings (SSSR count). The number of fused-ring (bicyclic) bond motifs is 6. The van der Waals surface area contributed by atoms with Gasteiger partial charge in [-0.2, -0.15) is 4.98 Å². The van der Waals surface area contributed by atoms with Gasteiger partial charge < -0.3 is 85.7 Å². The first-order valence-electron chi connectivity index (χ1n) is 38.9. The van der Waals surface area contributed by atoms with Gasteiger partial charge >= 0.3 is 12.1 Å². The van der Waals surface area contributed by atoms with Crippen LogP contribution in [-0.4, -0.2) is 198 Å². The number of piperazine rings is 1. The molecule has 30 heteroatoms. The summed E-state index contributed by atoms with van der Waals surface area (Å²) in [4.78, 5) is 83.3. The lowest BCUT2D eigenvalue weighted by Crippen LogP contribution is -2.46. The number of methoxy groups -OCH3 is 6. The summed E-state index contributed by atoms with van der Waals surface area (Å²) in [5.74, 6) is 3.59. The Morgan fingerprint density at radius 3 is 1.45 bits per heavy atom. The van der Waals surface area contributed by atoms with Crippen molar-refractivity contribution in [2.75, 3.05) is 117 Å². The largest absolute Gasteiger partial charge is 0.493 e. The van der Waals surface area contributed by atoms with Gasteiger partial charge in [0.05, 0.1) is 49.1 Å². The number of ether oxygens (including phenoxy) is 7. The van der Waals surface area contributed by atoms with E-state index in [0.717, 1.165) is 87.2 Å². The summed E-state index contributed by atoms with van der Waals surface area (Å²) in [5.41, 5.74) is 19.8. The Labute approximate surface area is 640 Å². The van der Waals surface area contributed by atoms with E-state index >= 15 is 8.78 Å². The molecule has 9 N–H and O–H groups in total. The SMILES string of the molecule is CC(C)(C)OC(=O)N1[C@H](CC(=O)O)C[C@@H]2CCCC[C@@H]21.COc1cc2c(N)nc(C3=CCN(C(=O)CC4C[C@H]5CCCC[C@H]5C4)CC3)nc2c(F)c1OC.COc1cc2c(N)nc(C3=CCN(C(=O)C[C@@H]4C[C@@H]5CCCC[C@@H]5N4)CC3)nc2c(F)c1OC.COc1cc2c(N)nc(N3CCNCC3)nc2c(F)c1OC. The summed E-state index contributed by atoms with van der Waals surface area (Å²) in [7, 11) is 8.46. The van der Waals surface area contributed by atoms with Gasteiger partial charge in [0.2, 0.25) is 17.8 Å². The lowest BCUT2D eigenvalue weighted by Gasteiger charge is -2.35. The normalized spacial score (nSPS) is 23.7. The lowest BCUT2D eigenvalue weighted by molar-refractivity contribution is -0.138. The molecule has 8 heterocycles. The molecule has 5 aliphatic heterocycles. The minimum absolute atomic E-state index is 0.0133. The summed E-state index contributed by atoms with van der Waals surface area (Å²) in [6.07, 6.45) is 25.2. The van der Waals surface area contributed by atoms with Crippen molar-refractivity contribution in [3.8, 4) is 34.5 Å². The number of aliphatic carboxylic acids is 1. The van der Waals surface area contributed by atoms with E-state index in [-0.39, 0.29) is 111 Å². The Bertz CT molecular complexity index is 4220. The molecule has 6 aromatic rings. The topological polar surface area (TPSA) is 346 Å². The quantitative estimate of drug-likeness (QED) is 0.0556. The number of nitrogen functional groups attached to an aromatic ring is 3. The molecule has 3 aromatic heterocycles. The summed E-state index contributed by atoms with van der Waals surface area (Å²) < 4.78 is 81.3. The zero-order chi connectivity index (χ0) is 78.2. The summed E-state index contributed by atoms with van der Waals surface area (Å²) in [5, 5.41) is 17.2. The van der Waals surface area contributed by atoms with Gasteiger partial charge in [0, 0.05) is 106 Å². The second-order valence-electron chi connectivity index (χ2n) is 31.4. The number of aromatic nitrogens is 6. The number of nitrogens with one attached hydrogen (secondary N) is 2. The van der Waals surface area contributed by atoms with Crippen molar-refractivity contribution in [3.05, 3.63) is 59.5 Å². The highest BCUT2D eigenvalue weighted by Gasteiger charge is 2.47. The molecule has 9 atom stereocenters. The van der Waals surface area contributed by atoms with Crippen LogP contribution in [-0.2, 0) is 19.1 Å². The maximum Gasteiger partial charge on any atom is 0.410 e. The number of nitrogens with two attached hydrogens (primary N) is 3. The van der Waals surface area contributed by atoms with Crippen LogP contribution >= 0.6 is 0 Å². The molecular formula is C80H108F3N15O12. The Balaban J connectivity index is 0.000000140. The molecular weight excluding hydrogens is 1420 g/mol. The molecule has 3 amide bonds. The highest BCUT2D eigenvalue weighted by molar-refractivity contribution is 5.95. The Morgan fingerprint density at radius 2 is 0.991 bits per heavy atom. The average molecular weight is 1530 g/mol. The molecule has 110 heavy (non-hydrogen) atoms. The number of hydrogen-bond donors (Lipinski definition) is 6. The lowest BCUT2D eigenvalue weighted by atomic mass is 9.82. The first-order chi connectivity index (χ1) is 52.9. The van der Waals surface area contributed by atoms with Crippen molar-refractivity contribution in [1.82, 2.24) is 55.2 Å². The molecule has 4 aliphatic carbocycles. The Hall–Kier alpha value is -9.45. The van der Waals surface area contributed by atoms with Crippen LogP contribution in [0.3, 0.4) is 0 Å². The average Bonchev–Trinajstić information content (AvgIpc) is 1.23. The first-order valence-corrected chi connectivity index (χ1v) is 38.9. The number of amides is 3. The third-order valence-corrected chi connectivity index (χ3v) is 23.4. The van der Waals surface area contributed by atoms with E-state index in [4.69, 9.17) is 55.5 Å². The van der Waals surface area contributed by atoms with Gasteiger partial charge in [0.15, 0.2) is 63.6 Å².